The molecule has 0 aliphatic carbocycles. The zero-order valence-electron chi connectivity index (χ0n) is 4.41. The topological polar surface area (TPSA) is 52.6 Å². The van der Waals surface area contributed by atoms with E-state index in [9.17, 15) is 8.42 Å². The molecule has 0 aromatic heterocycles. The van der Waals surface area contributed by atoms with Gasteiger partial charge >= 0.3 is 10.4 Å². The first-order valence-electron chi connectivity index (χ1n) is 2.27. The maximum absolute atomic E-state index is 10.3. The lowest BCUT2D eigenvalue weighted by Gasteiger charge is -1.94. The molecule has 0 aromatic rings. The van der Waals surface area contributed by atoms with Crippen LogP contribution in [0, 0.1) is 0 Å². The van der Waals surface area contributed by atoms with Gasteiger partial charge in [-0.1, -0.05) is 0 Å². The zero-order chi connectivity index (χ0) is 6.91. The van der Waals surface area contributed by atoms with Gasteiger partial charge in [0, 0.05) is 0 Å². The molecular formula is C3H5ClO4S. The highest BCUT2D eigenvalue weighted by Crippen LogP contribution is 2.12. The summed E-state index contributed by atoms with van der Waals surface area (Å²) in [6.45, 7) is 0.0336. The Morgan fingerprint density at radius 1 is 1.67 bits per heavy atom. The Morgan fingerprint density at radius 2 is 2.33 bits per heavy atom. The van der Waals surface area contributed by atoms with Crippen LogP contribution in [-0.2, 0) is 18.8 Å². The summed E-state index contributed by atoms with van der Waals surface area (Å²) in [6.07, 6.45) is -0.503. The van der Waals surface area contributed by atoms with E-state index in [-0.39, 0.29) is 12.5 Å². The number of rotatable bonds is 1. The van der Waals surface area contributed by atoms with Gasteiger partial charge in [-0.3, -0.25) is 0 Å². The van der Waals surface area contributed by atoms with Gasteiger partial charge in [-0.05, 0) is 0 Å². The molecule has 4 nitrogen and oxygen atoms in total. The van der Waals surface area contributed by atoms with E-state index in [4.69, 9.17) is 11.6 Å². The lowest BCUT2D eigenvalue weighted by molar-refractivity contribution is 0.261. The van der Waals surface area contributed by atoms with Crippen molar-refractivity contribution in [2.45, 2.75) is 6.10 Å². The molecule has 0 N–H and O–H groups in total. The largest absolute Gasteiger partial charge is 0.400 e. The fraction of sp³-hybridized carbons (Fsp3) is 1.00. The van der Waals surface area contributed by atoms with E-state index in [1.807, 2.05) is 0 Å². The summed E-state index contributed by atoms with van der Waals surface area (Å²) < 4.78 is 29.1. The molecule has 1 aliphatic rings. The number of hydrogen-bond acceptors (Lipinski definition) is 4. The first-order chi connectivity index (χ1) is 4.14. The van der Waals surface area contributed by atoms with Gasteiger partial charge < -0.3 is 0 Å². The van der Waals surface area contributed by atoms with E-state index in [1.54, 1.807) is 0 Å². The predicted octanol–water partition coefficient (Wildman–Crippen LogP) is -0.115. The van der Waals surface area contributed by atoms with Gasteiger partial charge in [0.1, 0.15) is 6.10 Å². The minimum atomic E-state index is -3.69. The Morgan fingerprint density at radius 3 is 2.56 bits per heavy atom. The molecule has 1 unspecified atom stereocenters. The number of halogens is 1. The summed E-state index contributed by atoms with van der Waals surface area (Å²) in [5.74, 6) is 0.138. The van der Waals surface area contributed by atoms with E-state index in [0.29, 0.717) is 0 Å². The molecule has 6 heteroatoms. The summed E-state index contributed by atoms with van der Waals surface area (Å²) in [7, 11) is -3.69. The van der Waals surface area contributed by atoms with Gasteiger partial charge in [0.05, 0.1) is 12.5 Å². The van der Waals surface area contributed by atoms with Crippen LogP contribution < -0.4 is 0 Å². The van der Waals surface area contributed by atoms with Crippen molar-refractivity contribution < 1.29 is 16.8 Å². The third-order valence-electron chi connectivity index (χ3n) is 0.824. The number of hydrogen-bond donors (Lipinski definition) is 0. The molecule has 0 bridgehead atoms. The van der Waals surface area contributed by atoms with Crippen LogP contribution in [0.5, 0.6) is 0 Å². The van der Waals surface area contributed by atoms with Crippen molar-refractivity contribution in [3.8, 4) is 0 Å². The van der Waals surface area contributed by atoms with Crippen LogP contribution in [0.1, 0.15) is 0 Å². The van der Waals surface area contributed by atoms with Gasteiger partial charge in [-0.2, -0.15) is 8.42 Å². The maximum atomic E-state index is 10.3. The second-order valence-electron chi connectivity index (χ2n) is 1.57. The Bertz CT molecular complexity index is 186. The van der Waals surface area contributed by atoms with Gasteiger partial charge in [0.25, 0.3) is 0 Å². The van der Waals surface area contributed by atoms with Crippen LogP contribution in [0.3, 0.4) is 0 Å². The smallest absolute Gasteiger partial charge is 0.245 e. The molecule has 1 fully saturated rings. The summed E-state index contributed by atoms with van der Waals surface area (Å²) in [6, 6.07) is 0. The van der Waals surface area contributed by atoms with E-state index in [2.05, 4.69) is 8.37 Å². The Hall–Kier alpha value is 0.160. The zero-order valence-corrected chi connectivity index (χ0v) is 5.98. The normalized spacial score (nSPS) is 32.8. The van der Waals surface area contributed by atoms with Gasteiger partial charge in [0.15, 0.2) is 0 Å². The Kier molecular flexibility index (Phi) is 1.95. The van der Waals surface area contributed by atoms with Gasteiger partial charge in [-0.25, -0.2) is 8.37 Å². The summed E-state index contributed by atoms with van der Waals surface area (Å²) in [5.41, 5.74) is 0. The van der Waals surface area contributed by atoms with Crippen molar-refractivity contribution in [2.75, 3.05) is 12.5 Å². The fourth-order valence-electron chi connectivity index (χ4n) is 0.452. The molecule has 9 heavy (non-hydrogen) atoms. The molecule has 0 radical (unpaired) electrons. The van der Waals surface area contributed by atoms with Crippen LogP contribution in [0.2, 0.25) is 0 Å². The average Bonchev–Trinajstić information content (AvgIpc) is 2.10. The van der Waals surface area contributed by atoms with E-state index in [1.165, 1.54) is 0 Å². The highest BCUT2D eigenvalue weighted by Gasteiger charge is 2.28. The third-order valence-corrected chi connectivity index (χ3v) is 2.10. The molecule has 0 amide bonds. The van der Waals surface area contributed by atoms with Gasteiger partial charge in [0.2, 0.25) is 0 Å². The molecular weight excluding hydrogens is 168 g/mol. The van der Waals surface area contributed by atoms with E-state index in [0.717, 1.165) is 0 Å². The predicted molar refractivity (Wildman–Crippen MR) is 30.5 cm³/mol. The Labute approximate surface area is 58.0 Å². The van der Waals surface area contributed by atoms with Crippen LogP contribution in [0.15, 0.2) is 0 Å². The summed E-state index contributed by atoms with van der Waals surface area (Å²) >= 11 is 5.27. The lowest BCUT2D eigenvalue weighted by Crippen LogP contribution is -2.10. The Balaban J connectivity index is 2.58. The molecule has 1 atom stereocenters. The van der Waals surface area contributed by atoms with Crippen molar-refractivity contribution in [3.63, 3.8) is 0 Å². The van der Waals surface area contributed by atoms with Crippen LogP contribution in [-0.4, -0.2) is 27.0 Å². The van der Waals surface area contributed by atoms with Crippen molar-refractivity contribution in [1.29, 1.82) is 0 Å². The highest BCUT2D eigenvalue weighted by atomic mass is 35.5. The van der Waals surface area contributed by atoms with Crippen molar-refractivity contribution in [3.05, 3.63) is 0 Å². The lowest BCUT2D eigenvalue weighted by atomic mass is 10.5. The van der Waals surface area contributed by atoms with Crippen LogP contribution in [0.4, 0.5) is 0 Å². The van der Waals surface area contributed by atoms with Crippen molar-refractivity contribution in [1.82, 2.24) is 0 Å². The maximum Gasteiger partial charge on any atom is 0.400 e. The quantitative estimate of drug-likeness (QED) is 0.518. The minimum Gasteiger partial charge on any atom is -0.245 e. The first kappa shape index (κ1) is 7.27. The second-order valence-corrected chi connectivity index (χ2v) is 3.12. The molecule has 1 rings (SSSR count). The van der Waals surface area contributed by atoms with Crippen LogP contribution >= 0.6 is 11.6 Å². The fourth-order valence-corrected chi connectivity index (χ4v) is 1.51. The molecule has 0 saturated carbocycles. The number of alkyl halides is 1. The van der Waals surface area contributed by atoms with E-state index >= 15 is 0 Å². The summed E-state index contributed by atoms with van der Waals surface area (Å²) in [5, 5.41) is 0. The molecule has 0 aromatic carbocycles. The summed E-state index contributed by atoms with van der Waals surface area (Å²) in [4.78, 5) is 0. The average molecular weight is 173 g/mol. The SMILES string of the molecule is O=S1(=O)OCC(CCl)O1. The molecule has 1 saturated heterocycles. The molecule has 0 spiro atoms. The molecule has 1 aliphatic heterocycles. The van der Waals surface area contributed by atoms with Crippen LogP contribution in [0.25, 0.3) is 0 Å². The molecule has 54 valence electrons. The second kappa shape index (κ2) is 2.42. The van der Waals surface area contributed by atoms with Crippen molar-refractivity contribution >= 4 is 22.0 Å². The molecule has 1 heterocycles. The van der Waals surface area contributed by atoms with E-state index < -0.39 is 16.5 Å². The standard InChI is InChI=1S/C3H5ClO4S/c4-1-3-2-7-9(5,6)8-3/h3H,1-2H2. The minimum absolute atomic E-state index is 0.0336. The highest BCUT2D eigenvalue weighted by molar-refractivity contribution is 7.82. The first-order valence-corrected chi connectivity index (χ1v) is 4.14. The van der Waals surface area contributed by atoms with Crippen molar-refractivity contribution in [2.24, 2.45) is 0 Å². The van der Waals surface area contributed by atoms with Gasteiger partial charge in [-0.15, -0.1) is 11.6 Å². The monoisotopic (exact) mass is 172 g/mol. The third kappa shape index (κ3) is 1.79.